The van der Waals surface area contributed by atoms with Crippen LogP contribution in [0.5, 0.6) is 0 Å². The number of carboxylic acid groups (broad SMARTS) is 2. The molecule has 0 radical (unpaired) electrons. The van der Waals surface area contributed by atoms with Gasteiger partial charge in [-0.2, -0.15) is 0 Å². The molecule has 0 fully saturated rings. The molecule has 0 aromatic carbocycles. The average molecular weight is 317 g/mol. The Morgan fingerprint density at radius 1 is 0.909 bits per heavy atom. The van der Waals surface area contributed by atoms with Gasteiger partial charge in [0.25, 0.3) is 0 Å². The van der Waals surface area contributed by atoms with Crippen LogP contribution in [0.25, 0.3) is 0 Å². The van der Waals surface area contributed by atoms with Crippen LogP contribution in [0.1, 0.15) is 32.6 Å². The molecule has 0 aromatic heterocycles. The SMILES string of the molecule is CC(=O)CCC(NC(=O)NC(CCC(N)=O)C(=O)O)C(=O)O. The van der Waals surface area contributed by atoms with Crippen molar-refractivity contribution in [3.05, 3.63) is 0 Å². The molecule has 0 aliphatic carbocycles. The fraction of sp³-hybridized carbons (Fsp3) is 0.583. The van der Waals surface area contributed by atoms with Gasteiger partial charge in [0.05, 0.1) is 0 Å². The summed E-state index contributed by atoms with van der Waals surface area (Å²) in [6.07, 6.45) is -0.619. The Balaban J connectivity index is 4.57. The second-order valence-electron chi connectivity index (χ2n) is 4.65. The predicted octanol–water partition coefficient (Wildman–Crippen LogP) is -1.17. The van der Waals surface area contributed by atoms with Gasteiger partial charge in [0.1, 0.15) is 17.9 Å². The minimum absolute atomic E-state index is 0.0404. The highest BCUT2D eigenvalue weighted by Gasteiger charge is 2.24. The zero-order valence-corrected chi connectivity index (χ0v) is 12.0. The summed E-state index contributed by atoms with van der Waals surface area (Å²) in [5.41, 5.74) is 4.89. The number of nitrogens with two attached hydrogens (primary N) is 1. The number of aliphatic carboxylic acids is 2. The van der Waals surface area contributed by atoms with Gasteiger partial charge in [0.15, 0.2) is 0 Å². The lowest BCUT2D eigenvalue weighted by atomic mass is 10.1. The van der Waals surface area contributed by atoms with Crippen LogP contribution in [-0.2, 0) is 19.2 Å². The Hall–Kier alpha value is -2.65. The Morgan fingerprint density at radius 3 is 1.64 bits per heavy atom. The first-order valence-corrected chi connectivity index (χ1v) is 6.43. The number of hydrogen-bond donors (Lipinski definition) is 5. The van der Waals surface area contributed by atoms with Gasteiger partial charge in [-0.15, -0.1) is 0 Å². The molecule has 0 spiro atoms. The number of hydrogen-bond acceptors (Lipinski definition) is 5. The minimum atomic E-state index is -1.38. The Morgan fingerprint density at radius 2 is 1.32 bits per heavy atom. The largest absolute Gasteiger partial charge is 0.480 e. The average Bonchev–Trinajstić information content (AvgIpc) is 2.38. The molecule has 22 heavy (non-hydrogen) atoms. The first-order chi connectivity index (χ1) is 10.1. The molecular weight excluding hydrogens is 298 g/mol. The molecule has 10 heteroatoms. The Bertz CT molecular complexity index is 424. The van der Waals surface area contributed by atoms with Crippen molar-refractivity contribution >= 4 is 29.7 Å². The number of urea groups is 1. The summed E-state index contributed by atoms with van der Waals surface area (Å²) in [4.78, 5) is 54.9. The van der Waals surface area contributed by atoms with E-state index >= 15 is 0 Å². The number of carbonyl (C=O) groups is 5. The molecule has 0 aliphatic rings. The van der Waals surface area contributed by atoms with Crippen LogP contribution in [0.2, 0.25) is 0 Å². The summed E-state index contributed by atoms with van der Waals surface area (Å²) in [5, 5.41) is 21.9. The number of carbonyl (C=O) groups excluding carboxylic acids is 3. The van der Waals surface area contributed by atoms with Gasteiger partial charge in [-0.05, 0) is 19.8 Å². The van der Waals surface area contributed by atoms with E-state index in [0.717, 1.165) is 0 Å². The number of ketones is 1. The third-order valence-corrected chi connectivity index (χ3v) is 2.67. The predicted molar refractivity (Wildman–Crippen MR) is 72.9 cm³/mol. The number of Topliss-reactive ketones (excluding diaryl/α,β-unsaturated/α-hetero) is 1. The summed E-state index contributed by atoms with van der Waals surface area (Å²) in [7, 11) is 0. The lowest BCUT2D eigenvalue weighted by molar-refractivity contribution is -0.140. The summed E-state index contributed by atoms with van der Waals surface area (Å²) in [6.45, 7) is 1.28. The van der Waals surface area contributed by atoms with Crippen molar-refractivity contribution in [3.63, 3.8) is 0 Å². The highest BCUT2D eigenvalue weighted by Crippen LogP contribution is 2.01. The molecule has 0 rings (SSSR count). The van der Waals surface area contributed by atoms with Crippen molar-refractivity contribution in [1.82, 2.24) is 10.6 Å². The first kappa shape index (κ1) is 19.4. The number of amides is 3. The molecule has 0 saturated carbocycles. The lowest BCUT2D eigenvalue weighted by Crippen LogP contribution is -2.51. The van der Waals surface area contributed by atoms with Crippen molar-refractivity contribution in [2.24, 2.45) is 5.73 Å². The molecular formula is C12H19N3O7. The van der Waals surface area contributed by atoms with Crippen molar-refractivity contribution in [1.29, 1.82) is 0 Å². The van der Waals surface area contributed by atoms with Crippen molar-refractivity contribution in [3.8, 4) is 0 Å². The van der Waals surface area contributed by atoms with E-state index in [2.05, 4.69) is 5.32 Å². The van der Waals surface area contributed by atoms with Gasteiger partial charge in [-0.3, -0.25) is 4.79 Å². The minimum Gasteiger partial charge on any atom is -0.480 e. The van der Waals surface area contributed by atoms with E-state index in [1.807, 2.05) is 5.32 Å². The van der Waals surface area contributed by atoms with Crippen LogP contribution >= 0.6 is 0 Å². The summed E-state index contributed by atoms with van der Waals surface area (Å²) >= 11 is 0. The summed E-state index contributed by atoms with van der Waals surface area (Å²) < 4.78 is 0. The highest BCUT2D eigenvalue weighted by atomic mass is 16.4. The van der Waals surface area contributed by atoms with Crippen molar-refractivity contribution in [2.45, 2.75) is 44.7 Å². The van der Waals surface area contributed by atoms with Crippen LogP contribution in [0.4, 0.5) is 4.79 Å². The summed E-state index contributed by atoms with van der Waals surface area (Å²) in [6, 6.07) is -3.72. The molecule has 0 bridgehead atoms. The molecule has 0 heterocycles. The van der Waals surface area contributed by atoms with Crippen molar-refractivity contribution < 1.29 is 34.2 Å². The maximum absolute atomic E-state index is 11.6. The zero-order chi connectivity index (χ0) is 17.3. The third-order valence-electron chi connectivity index (χ3n) is 2.67. The molecule has 3 amide bonds. The van der Waals surface area contributed by atoms with Gasteiger partial charge in [0.2, 0.25) is 5.91 Å². The van der Waals surface area contributed by atoms with E-state index in [9.17, 15) is 24.0 Å². The van der Waals surface area contributed by atoms with Gasteiger partial charge in [-0.1, -0.05) is 0 Å². The fourth-order valence-electron chi connectivity index (χ4n) is 1.51. The van der Waals surface area contributed by atoms with Crippen LogP contribution in [0, 0.1) is 0 Å². The van der Waals surface area contributed by atoms with Crippen LogP contribution in [-0.4, -0.2) is 52.0 Å². The van der Waals surface area contributed by atoms with Crippen LogP contribution in [0.3, 0.4) is 0 Å². The molecule has 6 N–H and O–H groups in total. The number of carboxylic acids is 2. The van der Waals surface area contributed by atoms with Crippen LogP contribution in [0.15, 0.2) is 0 Å². The highest BCUT2D eigenvalue weighted by molar-refractivity contribution is 5.86. The third kappa shape index (κ3) is 8.51. The Kier molecular flexibility index (Phi) is 8.19. The van der Waals surface area contributed by atoms with Crippen molar-refractivity contribution in [2.75, 3.05) is 0 Å². The van der Waals surface area contributed by atoms with E-state index in [1.54, 1.807) is 0 Å². The first-order valence-electron chi connectivity index (χ1n) is 6.43. The van der Waals surface area contributed by atoms with E-state index in [0.29, 0.717) is 0 Å². The van der Waals surface area contributed by atoms with E-state index in [1.165, 1.54) is 6.92 Å². The quantitative estimate of drug-likeness (QED) is 0.337. The molecule has 2 atom stereocenters. The van der Waals surface area contributed by atoms with E-state index < -0.39 is 36.0 Å². The van der Waals surface area contributed by atoms with E-state index in [4.69, 9.17) is 15.9 Å². The van der Waals surface area contributed by atoms with Crippen LogP contribution < -0.4 is 16.4 Å². The maximum atomic E-state index is 11.6. The summed E-state index contributed by atoms with van der Waals surface area (Å²) in [5.74, 6) is -3.69. The molecule has 2 unspecified atom stereocenters. The fourth-order valence-corrected chi connectivity index (χ4v) is 1.51. The molecule has 0 aromatic rings. The molecule has 10 nitrogen and oxygen atoms in total. The van der Waals surface area contributed by atoms with Gasteiger partial charge >= 0.3 is 18.0 Å². The standard InChI is InChI=1S/C12H19N3O7/c1-6(16)2-3-7(10(18)19)14-12(22)15-8(11(20)21)4-5-9(13)17/h7-8H,2-5H2,1H3,(H2,13,17)(H,18,19)(H,20,21)(H2,14,15,22). The number of nitrogens with one attached hydrogen (secondary N) is 2. The second-order valence-corrected chi connectivity index (χ2v) is 4.65. The lowest BCUT2D eigenvalue weighted by Gasteiger charge is -2.18. The topological polar surface area (TPSA) is 176 Å². The smallest absolute Gasteiger partial charge is 0.326 e. The van der Waals surface area contributed by atoms with Gasteiger partial charge in [0, 0.05) is 12.8 Å². The molecule has 124 valence electrons. The van der Waals surface area contributed by atoms with E-state index in [-0.39, 0.29) is 31.5 Å². The normalized spacial score (nSPS) is 12.8. The number of primary amides is 1. The molecule has 0 saturated heterocycles. The van der Waals surface area contributed by atoms with Gasteiger partial charge in [-0.25, -0.2) is 14.4 Å². The Labute approximate surface area is 126 Å². The number of rotatable bonds is 10. The monoisotopic (exact) mass is 317 g/mol. The maximum Gasteiger partial charge on any atom is 0.326 e. The second kappa shape index (κ2) is 9.32. The van der Waals surface area contributed by atoms with Gasteiger partial charge < -0.3 is 31.4 Å². The molecule has 0 aliphatic heterocycles. The zero-order valence-electron chi connectivity index (χ0n) is 12.0.